The molecule has 0 spiro atoms. The second-order valence-electron chi connectivity index (χ2n) is 8.63. The van der Waals surface area contributed by atoms with Crippen LogP contribution in [0.3, 0.4) is 0 Å². The maximum Gasteiger partial charge on any atom is 0.573 e. The van der Waals surface area contributed by atoms with Crippen molar-refractivity contribution in [3.63, 3.8) is 0 Å². The maximum absolute atomic E-state index is 12.6. The number of likely N-dealkylation sites (tertiary alicyclic amines) is 1. The molecule has 0 radical (unpaired) electrons. The van der Waals surface area contributed by atoms with Gasteiger partial charge in [0.1, 0.15) is 11.9 Å². The van der Waals surface area contributed by atoms with E-state index in [2.05, 4.69) is 14.7 Å². The van der Waals surface area contributed by atoms with Crippen LogP contribution in [0.2, 0.25) is 0 Å². The summed E-state index contributed by atoms with van der Waals surface area (Å²) in [5.74, 6) is -0.436. The van der Waals surface area contributed by atoms with Gasteiger partial charge in [-0.05, 0) is 42.2 Å². The number of benzene rings is 2. The number of rotatable bonds is 6. The SMILES string of the molecule is O=C(C1=CCC1)N1CC(c2cc(-c3ccc(OC(F)(F)F)cc3)c3nccnc3c2[C@@H](O)CO)C1. The monoisotopic (exact) mass is 485 g/mol. The smallest absolute Gasteiger partial charge is 0.406 e. The second kappa shape index (κ2) is 8.94. The molecule has 1 aromatic heterocycles. The van der Waals surface area contributed by atoms with Gasteiger partial charge in [0.05, 0.1) is 17.6 Å². The summed E-state index contributed by atoms with van der Waals surface area (Å²) in [4.78, 5) is 23.1. The minimum absolute atomic E-state index is 0.0119. The van der Waals surface area contributed by atoms with Crippen molar-refractivity contribution in [2.45, 2.75) is 31.2 Å². The van der Waals surface area contributed by atoms with Crippen molar-refractivity contribution >= 4 is 16.9 Å². The van der Waals surface area contributed by atoms with E-state index in [4.69, 9.17) is 0 Å². The zero-order chi connectivity index (χ0) is 24.7. The van der Waals surface area contributed by atoms with Crippen molar-refractivity contribution in [3.05, 3.63) is 65.5 Å². The molecule has 1 amide bonds. The van der Waals surface area contributed by atoms with Gasteiger partial charge in [-0.15, -0.1) is 13.2 Å². The van der Waals surface area contributed by atoms with Gasteiger partial charge in [-0.3, -0.25) is 14.8 Å². The largest absolute Gasteiger partial charge is 0.573 e. The summed E-state index contributed by atoms with van der Waals surface area (Å²) < 4.78 is 41.7. The fourth-order valence-corrected chi connectivity index (χ4v) is 4.53. The number of aromatic nitrogens is 2. The number of aliphatic hydroxyl groups is 2. The number of halogens is 3. The van der Waals surface area contributed by atoms with E-state index in [0.29, 0.717) is 40.8 Å². The molecule has 1 fully saturated rings. The molecule has 10 heteroatoms. The molecule has 0 bridgehead atoms. The molecule has 3 aromatic rings. The number of allylic oxidation sites excluding steroid dienone is 1. The Hall–Kier alpha value is -3.50. The number of carbonyl (C=O) groups is 1. The van der Waals surface area contributed by atoms with Gasteiger partial charge < -0.3 is 19.8 Å². The maximum atomic E-state index is 12.6. The molecule has 1 aliphatic heterocycles. The minimum atomic E-state index is -4.79. The van der Waals surface area contributed by atoms with E-state index in [0.717, 1.165) is 24.0 Å². The van der Waals surface area contributed by atoms with Crippen LogP contribution in [0.4, 0.5) is 13.2 Å². The Morgan fingerprint density at radius 2 is 1.80 bits per heavy atom. The third kappa shape index (κ3) is 4.46. The molecule has 2 heterocycles. The first kappa shape index (κ1) is 23.3. The average Bonchev–Trinajstić information content (AvgIpc) is 2.75. The lowest BCUT2D eigenvalue weighted by Gasteiger charge is -2.42. The van der Waals surface area contributed by atoms with Gasteiger partial charge >= 0.3 is 6.36 Å². The number of aliphatic hydroxyl groups excluding tert-OH is 2. The molecule has 1 atom stereocenters. The zero-order valence-electron chi connectivity index (χ0n) is 18.5. The highest BCUT2D eigenvalue weighted by atomic mass is 19.4. The highest BCUT2D eigenvalue weighted by molar-refractivity contribution is 5.96. The van der Waals surface area contributed by atoms with Crippen LogP contribution in [0.15, 0.2) is 54.4 Å². The van der Waals surface area contributed by atoms with E-state index in [1.54, 1.807) is 4.90 Å². The zero-order valence-corrected chi connectivity index (χ0v) is 18.5. The quantitative estimate of drug-likeness (QED) is 0.551. The summed E-state index contributed by atoms with van der Waals surface area (Å²) in [6.07, 6.45) is 0.564. The molecule has 1 saturated heterocycles. The normalized spacial score (nSPS) is 16.9. The van der Waals surface area contributed by atoms with Crippen LogP contribution in [-0.4, -0.2) is 57.0 Å². The van der Waals surface area contributed by atoms with Crippen molar-refractivity contribution in [2.75, 3.05) is 19.7 Å². The lowest BCUT2D eigenvalue weighted by molar-refractivity contribution is -0.274. The van der Waals surface area contributed by atoms with Crippen LogP contribution in [-0.2, 0) is 4.79 Å². The Bertz CT molecular complexity index is 1300. The number of amides is 1. The van der Waals surface area contributed by atoms with Crippen molar-refractivity contribution in [2.24, 2.45) is 0 Å². The number of carbonyl (C=O) groups excluding carboxylic acids is 1. The van der Waals surface area contributed by atoms with Gasteiger partial charge in [-0.2, -0.15) is 0 Å². The predicted molar refractivity (Wildman–Crippen MR) is 120 cm³/mol. The highest BCUT2D eigenvalue weighted by Gasteiger charge is 2.37. The topological polar surface area (TPSA) is 95.8 Å². The molecule has 0 unspecified atom stereocenters. The molecule has 182 valence electrons. The first-order chi connectivity index (χ1) is 16.7. The first-order valence-corrected chi connectivity index (χ1v) is 11.2. The number of nitrogens with zero attached hydrogens (tertiary/aromatic N) is 3. The predicted octanol–water partition coefficient (Wildman–Crippen LogP) is 3.87. The summed E-state index contributed by atoms with van der Waals surface area (Å²) in [6, 6.07) is 7.25. The third-order valence-electron chi connectivity index (χ3n) is 6.41. The highest BCUT2D eigenvalue weighted by Crippen LogP contribution is 2.41. The average molecular weight is 485 g/mol. The van der Waals surface area contributed by atoms with Crippen molar-refractivity contribution < 1.29 is 32.9 Å². The molecule has 35 heavy (non-hydrogen) atoms. The number of ether oxygens (including phenoxy) is 1. The summed E-state index contributed by atoms with van der Waals surface area (Å²) in [5, 5.41) is 20.4. The lowest BCUT2D eigenvalue weighted by Crippen LogP contribution is -2.49. The van der Waals surface area contributed by atoms with E-state index >= 15 is 0 Å². The van der Waals surface area contributed by atoms with Gasteiger partial charge in [0.25, 0.3) is 0 Å². The van der Waals surface area contributed by atoms with Crippen LogP contribution >= 0.6 is 0 Å². The number of hydrogen-bond donors (Lipinski definition) is 2. The first-order valence-electron chi connectivity index (χ1n) is 11.2. The molecule has 5 rings (SSSR count). The van der Waals surface area contributed by atoms with Crippen molar-refractivity contribution in [1.82, 2.24) is 14.9 Å². The molecule has 0 saturated carbocycles. The van der Waals surface area contributed by atoms with Gasteiger partial charge in [-0.1, -0.05) is 18.2 Å². The fourth-order valence-electron chi connectivity index (χ4n) is 4.53. The van der Waals surface area contributed by atoms with Crippen molar-refractivity contribution in [1.29, 1.82) is 0 Å². The molecule has 7 nitrogen and oxygen atoms in total. The Labute approximate surface area is 198 Å². The van der Waals surface area contributed by atoms with Gasteiger partial charge in [0, 0.05) is 48.1 Å². The molecular weight excluding hydrogens is 463 g/mol. The van der Waals surface area contributed by atoms with Crippen LogP contribution in [0.5, 0.6) is 5.75 Å². The lowest BCUT2D eigenvalue weighted by atomic mass is 9.82. The molecule has 2 aliphatic rings. The van der Waals surface area contributed by atoms with Crippen LogP contribution in [0, 0.1) is 0 Å². The summed E-state index contributed by atoms with van der Waals surface area (Å²) in [7, 11) is 0. The Morgan fingerprint density at radius 3 is 2.37 bits per heavy atom. The number of hydrogen-bond acceptors (Lipinski definition) is 6. The summed E-state index contributed by atoms with van der Waals surface area (Å²) >= 11 is 0. The standard InChI is InChI=1S/C25H22F3N3O4/c26-25(27,28)35-17-6-4-14(5-7-17)19-10-18(16-11-31(12-16)24(34)15-2-1-3-15)21(20(33)13-32)23-22(19)29-8-9-30-23/h2,4-10,16,20,32-33H,1,3,11-13H2/t20-/m0/s1. The Morgan fingerprint density at radius 1 is 1.14 bits per heavy atom. The van der Waals surface area contributed by atoms with E-state index in [1.807, 2.05) is 12.1 Å². The molecular formula is C25H22F3N3O4. The Balaban J connectivity index is 1.56. The van der Waals surface area contributed by atoms with Crippen LogP contribution in [0.25, 0.3) is 22.2 Å². The van der Waals surface area contributed by atoms with E-state index in [-0.39, 0.29) is 17.6 Å². The van der Waals surface area contributed by atoms with Gasteiger partial charge in [0.2, 0.25) is 5.91 Å². The van der Waals surface area contributed by atoms with Gasteiger partial charge in [-0.25, -0.2) is 0 Å². The molecule has 1 aliphatic carbocycles. The number of fused-ring (bicyclic) bond motifs is 1. The minimum Gasteiger partial charge on any atom is -0.406 e. The van der Waals surface area contributed by atoms with Crippen molar-refractivity contribution in [3.8, 4) is 16.9 Å². The summed E-state index contributed by atoms with van der Waals surface area (Å²) in [6.45, 7) is 0.375. The molecule has 2 aromatic carbocycles. The van der Waals surface area contributed by atoms with Gasteiger partial charge in [0.15, 0.2) is 0 Å². The van der Waals surface area contributed by atoms with Crippen LogP contribution in [0.1, 0.15) is 36.0 Å². The van der Waals surface area contributed by atoms with E-state index in [9.17, 15) is 28.2 Å². The number of alkyl halides is 3. The Kier molecular flexibility index (Phi) is 5.94. The van der Waals surface area contributed by atoms with E-state index in [1.165, 1.54) is 36.7 Å². The van der Waals surface area contributed by atoms with Crippen LogP contribution < -0.4 is 4.74 Å². The van der Waals surface area contributed by atoms with E-state index < -0.39 is 19.1 Å². The fraction of sp³-hybridized carbons (Fsp3) is 0.320. The second-order valence-corrected chi connectivity index (χ2v) is 8.63. The summed E-state index contributed by atoms with van der Waals surface area (Å²) in [5.41, 5.74) is 4.00. The third-order valence-corrected chi connectivity index (χ3v) is 6.41. The molecule has 2 N–H and O–H groups in total.